The van der Waals surface area contributed by atoms with Crippen LogP contribution in [0.3, 0.4) is 0 Å². The maximum Gasteiger partial charge on any atom is 0.246 e. The summed E-state index contributed by atoms with van der Waals surface area (Å²) in [5, 5.41) is 0. The molecule has 0 saturated carbocycles. The minimum atomic E-state index is 0.134. The largest absolute Gasteiger partial charge is 0.339 e. The van der Waals surface area contributed by atoms with Crippen molar-refractivity contribution in [3.05, 3.63) is 40.4 Å². The van der Waals surface area contributed by atoms with E-state index in [9.17, 15) is 4.79 Å². The Kier molecular flexibility index (Phi) is 9.89. The second-order valence-electron chi connectivity index (χ2n) is 5.62. The lowest BCUT2D eigenvalue weighted by Gasteiger charge is -2.21. The predicted octanol–water partition coefficient (Wildman–Crippen LogP) is 5.67. The van der Waals surface area contributed by atoms with Gasteiger partial charge in [0.05, 0.1) is 0 Å². The van der Waals surface area contributed by atoms with Crippen molar-refractivity contribution in [3.8, 4) is 0 Å². The van der Waals surface area contributed by atoms with Crippen LogP contribution in [0.5, 0.6) is 0 Å². The molecular formula is C19H28BrNO. The van der Waals surface area contributed by atoms with Crippen LogP contribution >= 0.6 is 15.9 Å². The number of nitrogens with zero attached hydrogens (tertiary/aromatic N) is 1. The Morgan fingerprint density at radius 2 is 1.55 bits per heavy atom. The highest BCUT2D eigenvalue weighted by molar-refractivity contribution is 9.10. The first-order valence-electron chi connectivity index (χ1n) is 8.40. The van der Waals surface area contributed by atoms with Crippen LogP contribution < -0.4 is 0 Å². The average molecular weight is 366 g/mol. The third-order valence-corrected chi connectivity index (χ3v) is 4.19. The second-order valence-corrected chi connectivity index (χ2v) is 6.54. The van der Waals surface area contributed by atoms with Crippen LogP contribution in [-0.2, 0) is 4.79 Å². The van der Waals surface area contributed by atoms with Crippen molar-refractivity contribution in [2.24, 2.45) is 0 Å². The van der Waals surface area contributed by atoms with E-state index < -0.39 is 0 Å². The molecule has 0 atom stereocenters. The minimum Gasteiger partial charge on any atom is -0.339 e. The fourth-order valence-electron chi connectivity index (χ4n) is 2.28. The van der Waals surface area contributed by atoms with Crippen LogP contribution in [-0.4, -0.2) is 23.9 Å². The summed E-state index contributed by atoms with van der Waals surface area (Å²) in [4.78, 5) is 14.4. The van der Waals surface area contributed by atoms with Gasteiger partial charge >= 0.3 is 0 Å². The summed E-state index contributed by atoms with van der Waals surface area (Å²) < 4.78 is 1.05. The number of carbonyl (C=O) groups excluding carboxylic acids is 1. The standard InChI is InChI=1S/C19H28BrNO/c1-3-5-7-15-21(16-8-6-4-2)19(22)14-11-17-9-12-18(20)13-10-17/h9-14H,3-8,15-16H2,1-2H3/b14-11+. The van der Waals surface area contributed by atoms with Gasteiger partial charge in [0.25, 0.3) is 0 Å². The summed E-state index contributed by atoms with van der Waals surface area (Å²) >= 11 is 3.42. The molecule has 0 radical (unpaired) electrons. The normalized spacial score (nSPS) is 11.0. The molecular weight excluding hydrogens is 338 g/mol. The van der Waals surface area contributed by atoms with E-state index in [1.165, 1.54) is 25.7 Å². The van der Waals surface area contributed by atoms with Gasteiger partial charge in [-0.3, -0.25) is 4.79 Å². The zero-order valence-electron chi connectivity index (χ0n) is 13.9. The second kappa shape index (κ2) is 11.5. The number of halogens is 1. The maximum absolute atomic E-state index is 12.4. The molecule has 0 bridgehead atoms. The van der Waals surface area contributed by atoms with Crippen LogP contribution in [0.15, 0.2) is 34.8 Å². The van der Waals surface area contributed by atoms with Crippen LogP contribution in [0.4, 0.5) is 0 Å². The van der Waals surface area contributed by atoms with Crippen molar-refractivity contribution < 1.29 is 4.79 Å². The Morgan fingerprint density at radius 1 is 1.00 bits per heavy atom. The van der Waals surface area contributed by atoms with E-state index in [4.69, 9.17) is 0 Å². The lowest BCUT2D eigenvalue weighted by molar-refractivity contribution is -0.126. The molecule has 1 rings (SSSR count). The molecule has 0 aliphatic rings. The lowest BCUT2D eigenvalue weighted by atomic mass is 10.2. The molecule has 0 spiro atoms. The Hall–Kier alpha value is -1.09. The maximum atomic E-state index is 12.4. The molecule has 122 valence electrons. The fourth-order valence-corrected chi connectivity index (χ4v) is 2.55. The smallest absolute Gasteiger partial charge is 0.246 e. The monoisotopic (exact) mass is 365 g/mol. The van der Waals surface area contributed by atoms with Gasteiger partial charge in [0.2, 0.25) is 5.91 Å². The molecule has 0 aromatic heterocycles. The van der Waals surface area contributed by atoms with Gasteiger partial charge in [-0.1, -0.05) is 67.6 Å². The van der Waals surface area contributed by atoms with Crippen molar-refractivity contribution in [2.45, 2.75) is 52.4 Å². The molecule has 1 amide bonds. The highest BCUT2D eigenvalue weighted by atomic mass is 79.9. The van der Waals surface area contributed by atoms with Crippen LogP contribution in [0.2, 0.25) is 0 Å². The van der Waals surface area contributed by atoms with Gasteiger partial charge in [-0.05, 0) is 36.6 Å². The molecule has 1 aromatic carbocycles. The first-order valence-corrected chi connectivity index (χ1v) is 9.19. The zero-order valence-corrected chi connectivity index (χ0v) is 15.4. The van der Waals surface area contributed by atoms with Gasteiger partial charge in [0.15, 0.2) is 0 Å². The molecule has 0 heterocycles. The quantitative estimate of drug-likeness (QED) is 0.386. The molecule has 2 nitrogen and oxygen atoms in total. The summed E-state index contributed by atoms with van der Waals surface area (Å²) in [7, 11) is 0. The molecule has 22 heavy (non-hydrogen) atoms. The summed E-state index contributed by atoms with van der Waals surface area (Å²) in [6.45, 7) is 6.13. The van der Waals surface area contributed by atoms with Crippen molar-refractivity contribution in [1.29, 1.82) is 0 Å². The summed E-state index contributed by atoms with van der Waals surface area (Å²) in [5.74, 6) is 0.134. The van der Waals surface area contributed by atoms with Gasteiger partial charge in [-0.2, -0.15) is 0 Å². The number of benzene rings is 1. The zero-order chi connectivity index (χ0) is 16.2. The van der Waals surface area contributed by atoms with Gasteiger partial charge in [0, 0.05) is 23.6 Å². The third kappa shape index (κ3) is 7.79. The van der Waals surface area contributed by atoms with Gasteiger partial charge in [-0.25, -0.2) is 0 Å². The van der Waals surface area contributed by atoms with Crippen molar-refractivity contribution >= 4 is 27.9 Å². The van der Waals surface area contributed by atoms with E-state index in [0.29, 0.717) is 0 Å². The van der Waals surface area contributed by atoms with E-state index >= 15 is 0 Å². The van der Waals surface area contributed by atoms with Crippen LogP contribution in [0.1, 0.15) is 57.9 Å². The summed E-state index contributed by atoms with van der Waals surface area (Å²) in [6, 6.07) is 7.99. The molecule has 0 saturated heterocycles. The van der Waals surface area contributed by atoms with E-state index in [1.807, 2.05) is 35.2 Å². The van der Waals surface area contributed by atoms with E-state index in [2.05, 4.69) is 29.8 Å². The molecule has 0 N–H and O–H groups in total. The summed E-state index contributed by atoms with van der Waals surface area (Å²) in [5.41, 5.74) is 1.05. The Bertz CT molecular complexity index is 443. The third-order valence-electron chi connectivity index (χ3n) is 3.66. The highest BCUT2D eigenvalue weighted by Crippen LogP contribution is 2.12. The first-order chi connectivity index (χ1) is 10.7. The number of unbranched alkanes of at least 4 members (excludes halogenated alkanes) is 4. The van der Waals surface area contributed by atoms with Crippen LogP contribution in [0, 0.1) is 0 Å². The van der Waals surface area contributed by atoms with Gasteiger partial charge < -0.3 is 4.90 Å². The molecule has 0 aliphatic carbocycles. The van der Waals surface area contributed by atoms with E-state index in [0.717, 1.165) is 36.0 Å². The Morgan fingerprint density at radius 3 is 2.05 bits per heavy atom. The number of hydrogen-bond donors (Lipinski definition) is 0. The van der Waals surface area contributed by atoms with Crippen LogP contribution in [0.25, 0.3) is 6.08 Å². The molecule has 0 fully saturated rings. The number of hydrogen-bond acceptors (Lipinski definition) is 1. The van der Waals surface area contributed by atoms with Crippen molar-refractivity contribution in [3.63, 3.8) is 0 Å². The van der Waals surface area contributed by atoms with E-state index in [-0.39, 0.29) is 5.91 Å². The van der Waals surface area contributed by atoms with Crippen molar-refractivity contribution in [2.75, 3.05) is 13.1 Å². The van der Waals surface area contributed by atoms with E-state index in [1.54, 1.807) is 6.08 Å². The molecule has 0 unspecified atom stereocenters. The summed E-state index contributed by atoms with van der Waals surface area (Å²) in [6.07, 6.45) is 10.6. The number of amides is 1. The highest BCUT2D eigenvalue weighted by Gasteiger charge is 2.09. The predicted molar refractivity (Wildman–Crippen MR) is 98.8 cm³/mol. The Balaban J connectivity index is 2.58. The number of rotatable bonds is 10. The lowest BCUT2D eigenvalue weighted by Crippen LogP contribution is -2.31. The topological polar surface area (TPSA) is 20.3 Å². The Labute approximate surface area is 143 Å². The van der Waals surface area contributed by atoms with Gasteiger partial charge in [-0.15, -0.1) is 0 Å². The first kappa shape index (κ1) is 19.0. The molecule has 1 aromatic rings. The van der Waals surface area contributed by atoms with Crippen molar-refractivity contribution in [1.82, 2.24) is 4.90 Å². The molecule has 0 aliphatic heterocycles. The average Bonchev–Trinajstić information content (AvgIpc) is 2.53. The van der Waals surface area contributed by atoms with Gasteiger partial charge in [0.1, 0.15) is 0 Å². The SMILES string of the molecule is CCCCCN(CCCCC)C(=O)/C=C/c1ccc(Br)cc1. The number of carbonyl (C=O) groups is 1. The molecule has 3 heteroatoms. The minimum absolute atomic E-state index is 0.134. The fraction of sp³-hybridized carbons (Fsp3) is 0.526.